The molecule has 0 unspecified atom stereocenters. The summed E-state index contributed by atoms with van der Waals surface area (Å²) in [5.41, 5.74) is 3.76. The number of halogens is 1. The van der Waals surface area contributed by atoms with Crippen molar-refractivity contribution in [2.75, 3.05) is 5.32 Å². The molecule has 0 saturated heterocycles. The summed E-state index contributed by atoms with van der Waals surface area (Å²) in [7, 11) is 1.84. The maximum atomic E-state index is 15.0. The number of pyridine rings is 1. The Kier molecular flexibility index (Phi) is 6.32. The van der Waals surface area contributed by atoms with E-state index in [2.05, 4.69) is 34.6 Å². The SMILES string of the molecule is Cc1cnc(NC(=O)[C@H]2CCC[C@@H](NC#N)C2)cc1-c1cc(F)c2nn(C)c(C(C)C)c2c1. The summed E-state index contributed by atoms with van der Waals surface area (Å²) in [6.07, 6.45) is 6.87. The summed E-state index contributed by atoms with van der Waals surface area (Å²) in [5.74, 6) is -0.0127. The molecule has 1 amide bonds. The number of amides is 1. The van der Waals surface area contributed by atoms with Gasteiger partial charge in [0.2, 0.25) is 5.91 Å². The van der Waals surface area contributed by atoms with E-state index in [1.165, 1.54) is 6.07 Å². The predicted octanol–water partition coefficient (Wildman–Crippen LogP) is 4.77. The fourth-order valence-corrected chi connectivity index (χ4v) is 4.90. The zero-order valence-corrected chi connectivity index (χ0v) is 19.4. The molecule has 4 rings (SSSR count). The van der Waals surface area contributed by atoms with Gasteiger partial charge in [-0.3, -0.25) is 9.48 Å². The van der Waals surface area contributed by atoms with Crippen LogP contribution in [0.25, 0.3) is 22.0 Å². The number of nitrogens with zero attached hydrogens (tertiary/aromatic N) is 4. The first-order valence-corrected chi connectivity index (χ1v) is 11.4. The van der Waals surface area contributed by atoms with E-state index in [4.69, 9.17) is 5.26 Å². The van der Waals surface area contributed by atoms with Gasteiger partial charge in [-0.25, -0.2) is 9.37 Å². The van der Waals surface area contributed by atoms with Crippen LogP contribution in [0.3, 0.4) is 0 Å². The number of hydrogen-bond acceptors (Lipinski definition) is 5. The predicted molar refractivity (Wildman–Crippen MR) is 126 cm³/mol. The van der Waals surface area contributed by atoms with Crippen LogP contribution >= 0.6 is 0 Å². The van der Waals surface area contributed by atoms with Crippen LogP contribution in [0, 0.1) is 30.1 Å². The number of anilines is 1. The van der Waals surface area contributed by atoms with Crippen LogP contribution in [0.1, 0.15) is 56.7 Å². The van der Waals surface area contributed by atoms with E-state index >= 15 is 0 Å². The highest BCUT2D eigenvalue weighted by Gasteiger charge is 2.27. The van der Waals surface area contributed by atoms with Crippen molar-refractivity contribution in [3.05, 3.63) is 41.5 Å². The Bertz CT molecular complexity index is 1240. The third-order valence-electron chi connectivity index (χ3n) is 6.46. The van der Waals surface area contributed by atoms with Crippen LogP contribution in [-0.4, -0.2) is 26.7 Å². The highest BCUT2D eigenvalue weighted by molar-refractivity contribution is 5.93. The van der Waals surface area contributed by atoms with Crippen LogP contribution in [-0.2, 0) is 11.8 Å². The van der Waals surface area contributed by atoms with E-state index in [1.54, 1.807) is 16.9 Å². The van der Waals surface area contributed by atoms with Crippen molar-refractivity contribution in [2.24, 2.45) is 13.0 Å². The molecule has 8 heteroatoms. The van der Waals surface area contributed by atoms with Crippen LogP contribution in [0.15, 0.2) is 24.4 Å². The molecule has 0 bridgehead atoms. The number of fused-ring (bicyclic) bond motifs is 1. The number of carbonyl (C=O) groups is 1. The molecule has 1 aromatic carbocycles. The molecule has 2 atom stereocenters. The van der Waals surface area contributed by atoms with Gasteiger partial charge in [0.15, 0.2) is 12.0 Å². The summed E-state index contributed by atoms with van der Waals surface area (Å²) in [4.78, 5) is 17.2. The normalized spacial score (nSPS) is 18.3. The first kappa shape index (κ1) is 22.7. The van der Waals surface area contributed by atoms with Gasteiger partial charge in [-0.1, -0.05) is 20.3 Å². The maximum absolute atomic E-state index is 15.0. The van der Waals surface area contributed by atoms with E-state index in [0.29, 0.717) is 17.8 Å². The molecule has 1 aliphatic carbocycles. The summed E-state index contributed by atoms with van der Waals surface area (Å²) < 4.78 is 16.7. The van der Waals surface area contributed by atoms with Crippen LogP contribution in [0.4, 0.5) is 10.2 Å². The summed E-state index contributed by atoms with van der Waals surface area (Å²) >= 11 is 0. The molecule has 172 valence electrons. The van der Waals surface area contributed by atoms with Gasteiger partial charge in [-0.2, -0.15) is 10.4 Å². The lowest BCUT2D eigenvalue weighted by Crippen LogP contribution is -2.36. The minimum atomic E-state index is -0.370. The first-order valence-electron chi connectivity index (χ1n) is 11.4. The Morgan fingerprint density at radius 2 is 2.09 bits per heavy atom. The lowest BCUT2D eigenvalue weighted by molar-refractivity contribution is -0.121. The average Bonchev–Trinajstić information content (AvgIpc) is 3.12. The fraction of sp³-hybridized carbons (Fsp3) is 0.440. The summed E-state index contributed by atoms with van der Waals surface area (Å²) in [6.45, 7) is 6.05. The first-order chi connectivity index (χ1) is 15.8. The van der Waals surface area contributed by atoms with Crippen LogP contribution in [0.5, 0.6) is 0 Å². The van der Waals surface area contributed by atoms with Gasteiger partial charge < -0.3 is 10.6 Å². The molecule has 7 nitrogen and oxygen atoms in total. The number of carbonyl (C=O) groups excluding carboxylic acids is 1. The van der Waals surface area contributed by atoms with Crippen molar-refractivity contribution in [1.29, 1.82) is 5.26 Å². The number of hydrogen-bond donors (Lipinski definition) is 2. The van der Waals surface area contributed by atoms with Gasteiger partial charge in [0.25, 0.3) is 0 Å². The van der Waals surface area contributed by atoms with Gasteiger partial charge in [-0.15, -0.1) is 0 Å². The van der Waals surface area contributed by atoms with Crippen molar-refractivity contribution in [1.82, 2.24) is 20.1 Å². The second-order valence-corrected chi connectivity index (χ2v) is 9.21. The van der Waals surface area contributed by atoms with E-state index in [9.17, 15) is 9.18 Å². The molecule has 0 radical (unpaired) electrons. The van der Waals surface area contributed by atoms with Crippen molar-refractivity contribution < 1.29 is 9.18 Å². The molecule has 1 fully saturated rings. The standard InChI is InChI=1S/C25H29FN6O/c1-14(2)24-20-9-17(10-21(26)23(20)31-32(24)4)19-11-22(28-12-15(19)3)30-25(33)16-6-5-7-18(8-16)29-13-27/h9-12,14,16,18,29H,5-8H2,1-4H3,(H,28,30,33)/t16-,18+/m0/s1. The molecule has 2 heterocycles. The highest BCUT2D eigenvalue weighted by Crippen LogP contribution is 2.34. The molecule has 2 N–H and O–H groups in total. The van der Waals surface area contributed by atoms with E-state index in [0.717, 1.165) is 47.0 Å². The topological polar surface area (TPSA) is 95.6 Å². The minimum absolute atomic E-state index is 0.0328. The molecule has 1 aliphatic rings. The highest BCUT2D eigenvalue weighted by atomic mass is 19.1. The zero-order chi connectivity index (χ0) is 23.7. The van der Waals surface area contributed by atoms with Crippen molar-refractivity contribution in [3.8, 4) is 17.3 Å². The Balaban J connectivity index is 1.64. The average molecular weight is 449 g/mol. The van der Waals surface area contributed by atoms with Crippen molar-refractivity contribution in [2.45, 2.75) is 58.4 Å². The number of rotatable bonds is 5. The van der Waals surface area contributed by atoms with Gasteiger partial charge in [0.1, 0.15) is 11.3 Å². The summed E-state index contributed by atoms with van der Waals surface area (Å²) in [6, 6.07) is 5.29. The monoisotopic (exact) mass is 448 g/mol. The minimum Gasteiger partial charge on any atom is -0.321 e. The Morgan fingerprint density at radius 3 is 2.82 bits per heavy atom. The van der Waals surface area contributed by atoms with Crippen molar-refractivity contribution in [3.63, 3.8) is 0 Å². The van der Waals surface area contributed by atoms with Gasteiger partial charge in [0.05, 0.1) is 0 Å². The summed E-state index contributed by atoms with van der Waals surface area (Å²) in [5, 5.41) is 19.7. The van der Waals surface area contributed by atoms with Gasteiger partial charge >= 0.3 is 0 Å². The molecule has 0 spiro atoms. The van der Waals surface area contributed by atoms with Gasteiger partial charge in [0, 0.05) is 36.3 Å². The van der Waals surface area contributed by atoms with E-state index in [1.807, 2.05) is 26.2 Å². The molecular formula is C25H29FN6O. The third-order valence-corrected chi connectivity index (χ3v) is 6.46. The van der Waals surface area contributed by atoms with E-state index in [-0.39, 0.29) is 29.6 Å². The fourth-order valence-electron chi connectivity index (χ4n) is 4.90. The van der Waals surface area contributed by atoms with E-state index < -0.39 is 0 Å². The molecule has 0 aliphatic heterocycles. The Morgan fingerprint density at radius 1 is 1.30 bits per heavy atom. The number of benzene rings is 1. The van der Waals surface area contributed by atoms with Crippen LogP contribution < -0.4 is 10.6 Å². The van der Waals surface area contributed by atoms with Crippen LogP contribution in [0.2, 0.25) is 0 Å². The second kappa shape index (κ2) is 9.18. The zero-order valence-electron chi connectivity index (χ0n) is 19.4. The molecular weight excluding hydrogens is 419 g/mol. The lowest BCUT2D eigenvalue weighted by Gasteiger charge is -2.27. The molecule has 1 saturated carbocycles. The van der Waals surface area contributed by atoms with Gasteiger partial charge in [-0.05, 0) is 67.0 Å². The quantitative estimate of drug-likeness (QED) is 0.433. The smallest absolute Gasteiger partial charge is 0.228 e. The van der Waals surface area contributed by atoms with Crippen molar-refractivity contribution >= 4 is 22.6 Å². The molecule has 3 aromatic rings. The Hall–Kier alpha value is -3.47. The molecule has 33 heavy (non-hydrogen) atoms. The maximum Gasteiger partial charge on any atom is 0.228 e. The number of nitrogens with one attached hydrogen (secondary N) is 2. The second-order valence-electron chi connectivity index (χ2n) is 9.21. The Labute approximate surface area is 193 Å². The number of aryl methyl sites for hydroxylation is 2. The third kappa shape index (κ3) is 4.54. The largest absolute Gasteiger partial charge is 0.321 e. The lowest BCUT2D eigenvalue weighted by atomic mass is 9.85. The number of nitriles is 1. The number of aromatic nitrogens is 3. The molecule has 2 aromatic heterocycles.